The molecule has 2 heteroatoms. The van der Waals surface area contributed by atoms with Crippen LogP contribution in [0, 0.1) is 17.3 Å². The van der Waals surface area contributed by atoms with Gasteiger partial charge in [0.05, 0.1) is 5.60 Å². The average molecular weight is 195 g/mol. The molecule has 0 aromatic carbocycles. The Hall–Kier alpha value is -0.0800. The number of rotatable bonds is 2. The Morgan fingerprint density at radius 3 is 2.36 bits per heavy atom. The lowest BCUT2D eigenvalue weighted by molar-refractivity contribution is -0.0903. The van der Waals surface area contributed by atoms with Crippen molar-refractivity contribution in [2.75, 3.05) is 6.54 Å². The molecule has 3 rings (SSSR count). The van der Waals surface area contributed by atoms with E-state index in [1.54, 1.807) is 0 Å². The average Bonchev–Trinajstić information content (AvgIpc) is 2.69. The van der Waals surface area contributed by atoms with Crippen molar-refractivity contribution in [1.29, 1.82) is 0 Å². The normalized spacial score (nSPS) is 49.3. The summed E-state index contributed by atoms with van der Waals surface area (Å²) in [7, 11) is 0. The van der Waals surface area contributed by atoms with Crippen LogP contribution in [0.3, 0.4) is 0 Å². The molecule has 80 valence electrons. The number of hydrogen-bond acceptors (Lipinski definition) is 2. The Morgan fingerprint density at radius 1 is 1.21 bits per heavy atom. The van der Waals surface area contributed by atoms with Gasteiger partial charge in [-0.15, -0.1) is 0 Å². The molecule has 3 fully saturated rings. The van der Waals surface area contributed by atoms with Crippen molar-refractivity contribution >= 4 is 0 Å². The van der Waals surface area contributed by atoms with E-state index in [0.717, 1.165) is 12.3 Å². The summed E-state index contributed by atoms with van der Waals surface area (Å²) in [5.74, 6) is 1.47. The predicted octanol–water partition coefficient (Wildman–Crippen LogP) is 1.67. The van der Waals surface area contributed by atoms with E-state index in [1.165, 1.54) is 38.5 Å². The maximum absolute atomic E-state index is 10.9. The first-order chi connectivity index (χ1) is 6.72. The van der Waals surface area contributed by atoms with Gasteiger partial charge in [0, 0.05) is 12.0 Å². The molecule has 0 amide bonds. The highest BCUT2D eigenvalue weighted by Gasteiger charge is 2.65. The largest absolute Gasteiger partial charge is 0.389 e. The SMILES string of the molecule is NCC1(C2(O)CCC3CC32)CCCC1. The number of nitrogens with two attached hydrogens (primary N) is 1. The fourth-order valence-electron chi connectivity index (χ4n) is 4.27. The van der Waals surface area contributed by atoms with E-state index in [0.29, 0.717) is 12.5 Å². The maximum Gasteiger partial charge on any atom is 0.0746 e. The van der Waals surface area contributed by atoms with Crippen molar-refractivity contribution in [3.8, 4) is 0 Å². The van der Waals surface area contributed by atoms with E-state index in [-0.39, 0.29) is 11.0 Å². The van der Waals surface area contributed by atoms with Crippen LogP contribution >= 0.6 is 0 Å². The van der Waals surface area contributed by atoms with E-state index in [2.05, 4.69) is 0 Å². The summed E-state index contributed by atoms with van der Waals surface area (Å²) in [5.41, 5.74) is 5.68. The summed E-state index contributed by atoms with van der Waals surface area (Å²) in [6, 6.07) is 0. The molecule has 0 spiro atoms. The molecule has 0 aromatic heterocycles. The van der Waals surface area contributed by atoms with E-state index in [4.69, 9.17) is 5.73 Å². The number of fused-ring (bicyclic) bond motifs is 1. The molecule has 3 unspecified atom stereocenters. The van der Waals surface area contributed by atoms with Gasteiger partial charge in [0.2, 0.25) is 0 Å². The Balaban J connectivity index is 1.91. The second-order valence-corrected chi connectivity index (χ2v) is 5.76. The van der Waals surface area contributed by atoms with Crippen LogP contribution < -0.4 is 5.73 Å². The molecule has 0 radical (unpaired) electrons. The molecule has 3 aliphatic rings. The third kappa shape index (κ3) is 0.938. The molecule has 3 N–H and O–H groups in total. The van der Waals surface area contributed by atoms with Crippen LogP contribution in [-0.2, 0) is 0 Å². The zero-order valence-corrected chi connectivity index (χ0v) is 8.84. The third-order valence-electron chi connectivity index (χ3n) is 5.30. The summed E-state index contributed by atoms with van der Waals surface area (Å²) in [5, 5.41) is 10.9. The number of hydrogen-bond donors (Lipinski definition) is 2. The maximum atomic E-state index is 10.9. The van der Waals surface area contributed by atoms with Gasteiger partial charge in [-0.2, -0.15) is 0 Å². The molecule has 3 aliphatic carbocycles. The Morgan fingerprint density at radius 2 is 1.93 bits per heavy atom. The molecular weight excluding hydrogens is 174 g/mol. The Bertz CT molecular complexity index is 244. The van der Waals surface area contributed by atoms with Gasteiger partial charge in [0.1, 0.15) is 0 Å². The summed E-state index contributed by atoms with van der Waals surface area (Å²) < 4.78 is 0. The minimum Gasteiger partial charge on any atom is -0.389 e. The van der Waals surface area contributed by atoms with Crippen molar-refractivity contribution in [3.63, 3.8) is 0 Å². The predicted molar refractivity (Wildman–Crippen MR) is 55.7 cm³/mol. The quantitative estimate of drug-likeness (QED) is 0.704. The molecule has 0 bridgehead atoms. The van der Waals surface area contributed by atoms with Gasteiger partial charge in [-0.05, 0) is 43.9 Å². The van der Waals surface area contributed by atoms with Crippen molar-refractivity contribution in [1.82, 2.24) is 0 Å². The van der Waals surface area contributed by atoms with Crippen LogP contribution in [0.5, 0.6) is 0 Å². The van der Waals surface area contributed by atoms with Crippen molar-refractivity contribution in [2.45, 2.75) is 50.5 Å². The van der Waals surface area contributed by atoms with Crippen LogP contribution in [0.25, 0.3) is 0 Å². The smallest absolute Gasteiger partial charge is 0.0746 e. The minimum absolute atomic E-state index is 0.100. The zero-order valence-electron chi connectivity index (χ0n) is 8.84. The molecule has 3 saturated carbocycles. The highest BCUT2D eigenvalue weighted by molar-refractivity contribution is 5.16. The molecule has 0 saturated heterocycles. The first-order valence-electron chi connectivity index (χ1n) is 6.14. The lowest BCUT2D eigenvalue weighted by Gasteiger charge is -2.43. The van der Waals surface area contributed by atoms with E-state index in [1.807, 2.05) is 0 Å². The second kappa shape index (κ2) is 2.73. The van der Waals surface area contributed by atoms with E-state index < -0.39 is 0 Å². The van der Waals surface area contributed by atoms with Crippen molar-refractivity contribution < 1.29 is 5.11 Å². The van der Waals surface area contributed by atoms with Crippen LogP contribution in [0.1, 0.15) is 44.9 Å². The van der Waals surface area contributed by atoms with Gasteiger partial charge >= 0.3 is 0 Å². The molecule has 0 aromatic rings. The highest BCUT2D eigenvalue weighted by Crippen LogP contribution is 2.65. The van der Waals surface area contributed by atoms with Crippen LogP contribution in [-0.4, -0.2) is 17.3 Å². The lowest BCUT2D eigenvalue weighted by Crippen LogP contribution is -2.51. The second-order valence-electron chi connectivity index (χ2n) is 5.76. The molecular formula is C12H21NO. The number of aliphatic hydroxyl groups is 1. The van der Waals surface area contributed by atoms with Crippen molar-refractivity contribution in [3.05, 3.63) is 0 Å². The van der Waals surface area contributed by atoms with E-state index >= 15 is 0 Å². The summed E-state index contributed by atoms with van der Waals surface area (Å²) >= 11 is 0. The van der Waals surface area contributed by atoms with Crippen LogP contribution in [0.15, 0.2) is 0 Å². The molecule has 2 nitrogen and oxygen atoms in total. The lowest BCUT2D eigenvalue weighted by atomic mass is 9.67. The first-order valence-corrected chi connectivity index (χ1v) is 6.14. The molecule has 3 atom stereocenters. The molecule has 14 heavy (non-hydrogen) atoms. The van der Waals surface area contributed by atoms with Gasteiger partial charge in [0.15, 0.2) is 0 Å². The van der Waals surface area contributed by atoms with Gasteiger partial charge in [-0.25, -0.2) is 0 Å². The highest BCUT2D eigenvalue weighted by atomic mass is 16.3. The standard InChI is InChI=1S/C12H21NO/c13-8-11(4-1-2-5-11)12(14)6-3-9-7-10(9)12/h9-10,14H,1-8,13H2. The van der Waals surface area contributed by atoms with Crippen LogP contribution in [0.2, 0.25) is 0 Å². The summed E-state index contributed by atoms with van der Waals surface area (Å²) in [6.45, 7) is 0.701. The minimum atomic E-state index is -0.372. The zero-order chi connectivity index (χ0) is 9.81. The summed E-state index contributed by atoms with van der Waals surface area (Å²) in [4.78, 5) is 0. The first kappa shape index (κ1) is 9.17. The Labute approximate surface area is 85.9 Å². The molecule has 0 aliphatic heterocycles. The monoisotopic (exact) mass is 195 g/mol. The topological polar surface area (TPSA) is 46.2 Å². The fraction of sp³-hybridized carbons (Fsp3) is 1.00. The van der Waals surface area contributed by atoms with Gasteiger partial charge in [0.25, 0.3) is 0 Å². The van der Waals surface area contributed by atoms with Gasteiger partial charge in [-0.3, -0.25) is 0 Å². The van der Waals surface area contributed by atoms with E-state index in [9.17, 15) is 5.11 Å². The van der Waals surface area contributed by atoms with Crippen molar-refractivity contribution in [2.24, 2.45) is 23.0 Å². The van der Waals surface area contributed by atoms with Gasteiger partial charge in [-0.1, -0.05) is 12.8 Å². The third-order valence-corrected chi connectivity index (χ3v) is 5.30. The summed E-state index contributed by atoms with van der Waals surface area (Å²) in [6.07, 6.45) is 8.45. The molecule has 0 heterocycles. The van der Waals surface area contributed by atoms with Gasteiger partial charge < -0.3 is 10.8 Å². The fourth-order valence-corrected chi connectivity index (χ4v) is 4.27. The van der Waals surface area contributed by atoms with Crippen LogP contribution in [0.4, 0.5) is 0 Å². The Kier molecular flexibility index (Phi) is 1.79.